The van der Waals surface area contributed by atoms with Crippen molar-refractivity contribution in [3.05, 3.63) is 46.3 Å². The summed E-state index contributed by atoms with van der Waals surface area (Å²) in [6.07, 6.45) is 2.39. The molecule has 1 aliphatic rings. The number of hydrogen-bond acceptors (Lipinski definition) is 6. The van der Waals surface area contributed by atoms with Crippen molar-refractivity contribution in [3.8, 4) is 0 Å². The van der Waals surface area contributed by atoms with Crippen molar-refractivity contribution in [3.63, 3.8) is 0 Å². The summed E-state index contributed by atoms with van der Waals surface area (Å²) in [5.74, 6) is 2.77. The van der Waals surface area contributed by atoms with E-state index in [-0.39, 0.29) is 11.1 Å². The lowest BCUT2D eigenvalue weighted by atomic mass is 10.2. The fraction of sp³-hybridized carbons (Fsp3) is 0.333. The molecular formula is C18H17N5O2S. The number of thioether (sulfide) groups is 1. The van der Waals surface area contributed by atoms with E-state index in [4.69, 9.17) is 4.42 Å². The second kappa shape index (κ2) is 5.98. The van der Waals surface area contributed by atoms with Crippen LogP contribution in [-0.2, 0) is 12.3 Å². The molecule has 1 N–H and O–H groups in total. The highest BCUT2D eigenvalue weighted by Gasteiger charge is 2.30. The fourth-order valence-corrected chi connectivity index (χ4v) is 4.08. The van der Waals surface area contributed by atoms with Gasteiger partial charge in [-0.25, -0.2) is 4.98 Å². The number of nitrogens with zero attached hydrogens (tertiary/aromatic N) is 4. The van der Waals surface area contributed by atoms with Gasteiger partial charge in [-0.2, -0.15) is 0 Å². The van der Waals surface area contributed by atoms with Gasteiger partial charge >= 0.3 is 0 Å². The van der Waals surface area contributed by atoms with Gasteiger partial charge in [0.15, 0.2) is 5.16 Å². The second-order valence-electron chi connectivity index (χ2n) is 6.44. The van der Waals surface area contributed by atoms with E-state index in [1.165, 1.54) is 12.8 Å². The minimum absolute atomic E-state index is 0.252. The number of hydrogen-bond donors (Lipinski definition) is 1. The molecule has 4 aromatic rings. The highest BCUT2D eigenvalue weighted by atomic mass is 32.2. The molecule has 0 amide bonds. The molecule has 0 atom stereocenters. The molecule has 26 heavy (non-hydrogen) atoms. The van der Waals surface area contributed by atoms with E-state index in [1.54, 1.807) is 11.8 Å². The van der Waals surface area contributed by atoms with E-state index in [9.17, 15) is 4.79 Å². The Bertz CT molecular complexity index is 1170. The van der Waals surface area contributed by atoms with E-state index >= 15 is 0 Å². The van der Waals surface area contributed by atoms with Gasteiger partial charge in [-0.3, -0.25) is 4.79 Å². The predicted molar refractivity (Wildman–Crippen MR) is 99.4 cm³/mol. The maximum absolute atomic E-state index is 12.4. The van der Waals surface area contributed by atoms with Gasteiger partial charge in [-0.05, 0) is 31.9 Å². The number of fused-ring (bicyclic) bond motifs is 3. The molecule has 7 nitrogen and oxygen atoms in total. The molecule has 0 radical (unpaired) electrons. The number of aromatic amines is 1. The number of aromatic nitrogens is 5. The monoisotopic (exact) mass is 367 g/mol. The quantitative estimate of drug-likeness (QED) is 0.544. The van der Waals surface area contributed by atoms with Crippen LogP contribution in [0.15, 0.2) is 38.6 Å². The van der Waals surface area contributed by atoms with E-state index in [1.807, 2.05) is 24.3 Å². The molecule has 1 saturated carbocycles. The third kappa shape index (κ3) is 2.52. The molecule has 0 spiro atoms. The number of benzene rings is 1. The van der Waals surface area contributed by atoms with Crippen molar-refractivity contribution in [2.75, 3.05) is 0 Å². The predicted octanol–water partition coefficient (Wildman–Crippen LogP) is 3.45. The van der Waals surface area contributed by atoms with E-state index in [0.29, 0.717) is 28.6 Å². The Morgan fingerprint density at radius 3 is 2.96 bits per heavy atom. The standard InChI is InChI=1S/C18H17N5O2S/c1-2-23-16(10-7-8-10)21-22-18(23)26-9-13-19-14-11-5-3-4-6-12(11)25-15(14)17(24)20-13/h3-6,10H,2,7-9H2,1H3,(H,19,20,24). The molecule has 3 heterocycles. The van der Waals surface area contributed by atoms with Crippen LogP contribution in [0.1, 0.15) is 37.3 Å². The topological polar surface area (TPSA) is 89.6 Å². The number of para-hydroxylation sites is 1. The second-order valence-corrected chi connectivity index (χ2v) is 7.38. The number of H-pyrrole nitrogens is 1. The van der Waals surface area contributed by atoms with Crippen LogP contribution in [0.4, 0.5) is 0 Å². The summed E-state index contributed by atoms with van der Waals surface area (Å²) in [7, 11) is 0. The highest BCUT2D eigenvalue weighted by molar-refractivity contribution is 7.98. The minimum atomic E-state index is -0.252. The lowest BCUT2D eigenvalue weighted by molar-refractivity contribution is 0.643. The molecule has 5 rings (SSSR count). The first-order chi connectivity index (χ1) is 12.7. The van der Waals surface area contributed by atoms with Crippen LogP contribution in [0, 0.1) is 0 Å². The molecular weight excluding hydrogens is 350 g/mol. The molecule has 0 aliphatic heterocycles. The van der Waals surface area contributed by atoms with Gasteiger partial charge in [0.25, 0.3) is 5.56 Å². The first-order valence-corrected chi connectivity index (χ1v) is 9.69. The van der Waals surface area contributed by atoms with Crippen LogP contribution in [0.2, 0.25) is 0 Å². The third-order valence-corrected chi connectivity index (χ3v) is 5.60. The SMILES string of the molecule is CCn1c(SCc2nc3c(oc4ccccc43)c(=O)[nH]2)nnc1C1CC1. The average molecular weight is 367 g/mol. The van der Waals surface area contributed by atoms with Crippen LogP contribution in [-0.4, -0.2) is 24.7 Å². The van der Waals surface area contributed by atoms with Crippen LogP contribution < -0.4 is 5.56 Å². The van der Waals surface area contributed by atoms with Gasteiger partial charge in [0.2, 0.25) is 5.58 Å². The molecule has 3 aromatic heterocycles. The zero-order valence-corrected chi connectivity index (χ0v) is 15.0. The molecule has 0 bridgehead atoms. The van der Waals surface area contributed by atoms with Crippen molar-refractivity contribution in [1.82, 2.24) is 24.7 Å². The van der Waals surface area contributed by atoms with E-state index < -0.39 is 0 Å². The Morgan fingerprint density at radius 1 is 1.31 bits per heavy atom. The van der Waals surface area contributed by atoms with Crippen LogP contribution >= 0.6 is 11.8 Å². The summed E-state index contributed by atoms with van der Waals surface area (Å²) < 4.78 is 7.79. The minimum Gasteiger partial charge on any atom is -0.449 e. The van der Waals surface area contributed by atoms with Crippen molar-refractivity contribution in [2.45, 2.75) is 43.1 Å². The number of nitrogens with one attached hydrogen (secondary N) is 1. The Hall–Kier alpha value is -2.61. The maximum Gasteiger partial charge on any atom is 0.294 e. The van der Waals surface area contributed by atoms with Gasteiger partial charge in [-0.15, -0.1) is 10.2 Å². The van der Waals surface area contributed by atoms with Crippen LogP contribution in [0.25, 0.3) is 22.1 Å². The lowest BCUT2D eigenvalue weighted by Gasteiger charge is -2.06. The van der Waals surface area contributed by atoms with Crippen molar-refractivity contribution < 1.29 is 4.42 Å². The Labute approximate surface area is 152 Å². The van der Waals surface area contributed by atoms with Gasteiger partial charge in [0, 0.05) is 17.8 Å². The smallest absolute Gasteiger partial charge is 0.294 e. The van der Waals surface area contributed by atoms with Crippen LogP contribution in [0.5, 0.6) is 0 Å². The van der Waals surface area contributed by atoms with Crippen molar-refractivity contribution >= 4 is 33.8 Å². The zero-order chi connectivity index (χ0) is 17.7. The Morgan fingerprint density at radius 2 is 2.15 bits per heavy atom. The van der Waals surface area contributed by atoms with Gasteiger partial charge < -0.3 is 14.0 Å². The normalized spacial score (nSPS) is 14.5. The van der Waals surface area contributed by atoms with Gasteiger partial charge in [0.05, 0.1) is 5.75 Å². The van der Waals surface area contributed by atoms with E-state index in [0.717, 1.165) is 22.9 Å². The molecule has 1 fully saturated rings. The summed E-state index contributed by atoms with van der Waals surface area (Å²) in [6.45, 7) is 2.94. The van der Waals surface area contributed by atoms with Gasteiger partial charge in [0.1, 0.15) is 22.7 Å². The van der Waals surface area contributed by atoms with E-state index in [2.05, 4.69) is 31.7 Å². The van der Waals surface area contributed by atoms with Crippen LogP contribution in [0.3, 0.4) is 0 Å². The van der Waals surface area contributed by atoms with Gasteiger partial charge in [-0.1, -0.05) is 23.9 Å². The zero-order valence-electron chi connectivity index (χ0n) is 14.2. The summed E-state index contributed by atoms with van der Waals surface area (Å²) in [4.78, 5) is 19.8. The molecule has 1 aromatic carbocycles. The van der Waals surface area contributed by atoms with Crippen molar-refractivity contribution in [2.24, 2.45) is 0 Å². The first-order valence-electron chi connectivity index (χ1n) is 8.71. The van der Waals surface area contributed by atoms with Crippen molar-refractivity contribution in [1.29, 1.82) is 0 Å². The number of rotatable bonds is 5. The molecule has 132 valence electrons. The molecule has 0 saturated heterocycles. The largest absolute Gasteiger partial charge is 0.449 e. The summed E-state index contributed by atoms with van der Waals surface area (Å²) in [5, 5.41) is 10.4. The highest BCUT2D eigenvalue weighted by Crippen LogP contribution is 2.40. The molecule has 0 unspecified atom stereocenters. The average Bonchev–Trinajstić information content (AvgIpc) is 3.30. The Balaban J connectivity index is 1.48. The summed E-state index contributed by atoms with van der Waals surface area (Å²) in [6, 6.07) is 7.55. The third-order valence-electron chi connectivity index (χ3n) is 4.62. The number of furan rings is 1. The maximum atomic E-state index is 12.4. The summed E-state index contributed by atoms with van der Waals surface area (Å²) in [5.41, 5.74) is 1.30. The molecule has 1 aliphatic carbocycles. The Kier molecular flexibility index (Phi) is 3.59. The lowest BCUT2D eigenvalue weighted by Crippen LogP contribution is -2.10. The summed E-state index contributed by atoms with van der Waals surface area (Å²) >= 11 is 1.54. The fourth-order valence-electron chi connectivity index (χ4n) is 3.20. The molecule has 8 heteroatoms. The first kappa shape index (κ1) is 15.6.